The quantitative estimate of drug-likeness (QED) is 0.895. The van der Waals surface area contributed by atoms with Gasteiger partial charge in [0.25, 0.3) is 5.91 Å². The van der Waals surface area contributed by atoms with Crippen molar-refractivity contribution in [2.45, 2.75) is 26.5 Å². The SMILES string of the molecule is Cc1ccc2c(c1)N(CC(=O)NCc1ccc3c(c1)OCO3)C(=O)C(C)O2. The fourth-order valence-corrected chi connectivity index (χ4v) is 3.13. The number of rotatable bonds is 4. The molecule has 1 N–H and O–H groups in total. The lowest BCUT2D eigenvalue weighted by Gasteiger charge is -2.32. The highest BCUT2D eigenvalue weighted by atomic mass is 16.7. The van der Waals surface area contributed by atoms with Gasteiger partial charge in [-0.15, -0.1) is 0 Å². The van der Waals surface area contributed by atoms with Crippen LogP contribution >= 0.6 is 0 Å². The molecule has 0 saturated carbocycles. The number of hydrogen-bond donors (Lipinski definition) is 1. The average Bonchev–Trinajstić information content (AvgIpc) is 3.12. The molecule has 4 rings (SSSR count). The van der Waals surface area contributed by atoms with Crippen molar-refractivity contribution in [1.29, 1.82) is 0 Å². The van der Waals surface area contributed by atoms with Crippen molar-refractivity contribution >= 4 is 17.5 Å². The number of benzene rings is 2. The Morgan fingerprint density at radius 2 is 1.93 bits per heavy atom. The summed E-state index contributed by atoms with van der Waals surface area (Å²) in [5.41, 5.74) is 2.51. The Bertz CT molecular complexity index is 911. The number of fused-ring (bicyclic) bond motifs is 2. The molecule has 7 heteroatoms. The number of hydrogen-bond acceptors (Lipinski definition) is 5. The van der Waals surface area contributed by atoms with E-state index in [1.54, 1.807) is 6.92 Å². The molecule has 2 amide bonds. The van der Waals surface area contributed by atoms with Gasteiger partial charge in [-0.25, -0.2) is 0 Å². The van der Waals surface area contributed by atoms with Crippen LogP contribution in [0.1, 0.15) is 18.1 Å². The third-order valence-corrected chi connectivity index (χ3v) is 4.55. The highest BCUT2D eigenvalue weighted by Crippen LogP contribution is 2.35. The van der Waals surface area contributed by atoms with E-state index in [1.807, 2.05) is 43.3 Å². The van der Waals surface area contributed by atoms with Gasteiger partial charge in [0, 0.05) is 6.54 Å². The molecule has 0 spiro atoms. The van der Waals surface area contributed by atoms with E-state index in [-0.39, 0.29) is 25.2 Å². The van der Waals surface area contributed by atoms with Crippen molar-refractivity contribution in [3.63, 3.8) is 0 Å². The fraction of sp³-hybridized carbons (Fsp3) is 0.300. The first-order valence-corrected chi connectivity index (χ1v) is 8.75. The van der Waals surface area contributed by atoms with Crippen LogP contribution in [-0.4, -0.2) is 31.3 Å². The number of carbonyl (C=O) groups excluding carboxylic acids is 2. The normalized spacial score (nSPS) is 17.3. The number of amides is 2. The van der Waals surface area contributed by atoms with Crippen molar-refractivity contribution < 1.29 is 23.8 Å². The Morgan fingerprint density at radius 1 is 1.15 bits per heavy atom. The zero-order chi connectivity index (χ0) is 19.0. The molecule has 0 radical (unpaired) electrons. The molecule has 2 aliphatic rings. The molecule has 1 unspecified atom stereocenters. The van der Waals surface area contributed by atoms with E-state index in [4.69, 9.17) is 14.2 Å². The lowest BCUT2D eigenvalue weighted by Crippen LogP contribution is -2.48. The highest BCUT2D eigenvalue weighted by Gasteiger charge is 2.32. The Morgan fingerprint density at radius 3 is 2.78 bits per heavy atom. The number of anilines is 1. The smallest absolute Gasteiger partial charge is 0.268 e. The predicted octanol–water partition coefficient (Wildman–Crippen LogP) is 2.15. The molecule has 2 heterocycles. The van der Waals surface area contributed by atoms with Crippen molar-refractivity contribution in [3.8, 4) is 17.2 Å². The van der Waals surface area contributed by atoms with E-state index in [1.165, 1.54) is 4.90 Å². The first-order chi connectivity index (χ1) is 13.0. The topological polar surface area (TPSA) is 77.1 Å². The van der Waals surface area contributed by atoms with Crippen molar-refractivity contribution in [2.75, 3.05) is 18.2 Å². The summed E-state index contributed by atoms with van der Waals surface area (Å²) in [4.78, 5) is 26.5. The summed E-state index contributed by atoms with van der Waals surface area (Å²) in [6, 6.07) is 11.1. The van der Waals surface area contributed by atoms with Crippen LogP contribution in [0.25, 0.3) is 0 Å². The highest BCUT2D eigenvalue weighted by molar-refractivity contribution is 6.03. The Kier molecular flexibility index (Phi) is 4.35. The van der Waals surface area contributed by atoms with Crippen molar-refractivity contribution in [1.82, 2.24) is 5.32 Å². The van der Waals surface area contributed by atoms with Gasteiger partial charge in [0.1, 0.15) is 12.3 Å². The van der Waals surface area contributed by atoms with Gasteiger partial charge in [-0.1, -0.05) is 12.1 Å². The molecule has 0 aliphatic carbocycles. The molecule has 2 aromatic carbocycles. The second-order valence-corrected chi connectivity index (χ2v) is 6.62. The number of nitrogens with zero attached hydrogens (tertiary/aromatic N) is 1. The Labute approximate surface area is 156 Å². The van der Waals surface area contributed by atoms with Gasteiger partial charge in [0.05, 0.1) is 5.69 Å². The van der Waals surface area contributed by atoms with Crippen LogP contribution in [0.15, 0.2) is 36.4 Å². The van der Waals surface area contributed by atoms with Gasteiger partial charge in [-0.05, 0) is 49.2 Å². The monoisotopic (exact) mass is 368 g/mol. The fourth-order valence-electron chi connectivity index (χ4n) is 3.13. The molecule has 140 valence electrons. The summed E-state index contributed by atoms with van der Waals surface area (Å²) >= 11 is 0. The van der Waals surface area contributed by atoms with Crippen LogP contribution in [0.4, 0.5) is 5.69 Å². The number of nitrogens with one attached hydrogen (secondary N) is 1. The first kappa shape index (κ1) is 17.2. The molecule has 0 aromatic heterocycles. The summed E-state index contributed by atoms with van der Waals surface area (Å²) in [5, 5.41) is 2.85. The first-order valence-electron chi connectivity index (χ1n) is 8.75. The zero-order valence-electron chi connectivity index (χ0n) is 15.2. The lowest BCUT2D eigenvalue weighted by molar-refractivity contribution is -0.128. The van der Waals surface area contributed by atoms with Gasteiger partial charge < -0.3 is 19.5 Å². The maximum atomic E-state index is 12.5. The lowest BCUT2D eigenvalue weighted by atomic mass is 10.1. The largest absolute Gasteiger partial charge is 0.479 e. The van der Waals surface area contributed by atoms with Gasteiger partial charge in [-0.2, -0.15) is 0 Å². The van der Waals surface area contributed by atoms with Crippen LogP contribution in [0.3, 0.4) is 0 Å². The summed E-state index contributed by atoms with van der Waals surface area (Å²) in [5.74, 6) is 1.50. The maximum absolute atomic E-state index is 12.5. The van der Waals surface area contributed by atoms with Crippen LogP contribution in [0.2, 0.25) is 0 Å². The summed E-state index contributed by atoms with van der Waals surface area (Å²) in [7, 11) is 0. The van der Waals surface area contributed by atoms with Gasteiger partial charge in [0.2, 0.25) is 12.7 Å². The molecule has 2 aliphatic heterocycles. The number of ether oxygens (including phenoxy) is 3. The van der Waals surface area contributed by atoms with Crippen molar-refractivity contribution in [3.05, 3.63) is 47.5 Å². The van der Waals surface area contributed by atoms with Gasteiger partial charge >= 0.3 is 0 Å². The second-order valence-electron chi connectivity index (χ2n) is 6.62. The van der Waals surface area contributed by atoms with E-state index in [9.17, 15) is 9.59 Å². The van der Waals surface area contributed by atoms with Crippen LogP contribution in [-0.2, 0) is 16.1 Å². The molecule has 0 saturated heterocycles. The number of aryl methyl sites for hydroxylation is 1. The average molecular weight is 368 g/mol. The minimum Gasteiger partial charge on any atom is -0.479 e. The zero-order valence-corrected chi connectivity index (χ0v) is 15.2. The van der Waals surface area contributed by atoms with Crippen LogP contribution < -0.4 is 24.4 Å². The van der Waals surface area contributed by atoms with Gasteiger partial charge in [0.15, 0.2) is 17.6 Å². The van der Waals surface area contributed by atoms with E-state index in [0.29, 0.717) is 29.5 Å². The van der Waals surface area contributed by atoms with E-state index in [0.717, 1.165) is 11.1 Å². The predicted molar refractivity (Wildman–Crippen MR) is 98.0 cm³/mol. The third-order valence-electron chi connectivity index (χ3n) is 4.55. The minimum absolute atomic E-state index is 0.0620. The van der Waals surface area contributed by atoms with Crippen LogP contribution in [0.5, 0.6) is 17.2 Å². The molecule has 1 atom stereocenters. The molecule has 27 heavy (non-hydrogen) atoms. The van der Waals surface area contributed by atoms with E-state index >= 15 is 0 Å². The maximum Gasteiger partial charge on any atom is 0.268 e. The molecule has 7 nitrogen and oxygen atoms in total. The number of carbonyl (C=O) groups is 2. The third kappa shape index (κ3) is 3.40. The summed E-state index contributed by atoms with van der Waals surface area (Å²) in [6.07, 6.45) is -0.623. The van der Waals surface area contributed by atoms with Gasteiger partial charge in [-0.3, -0.25) is 14.5 Å². The second kappa shape index (κ2) is 6.83. The Balaban J connectivity index is 1.44. The Hall–Kier alpha value is -3.22. The molecule has 0 fully saturated rings. The molecule has 0 bridgehead atoms. The summed E-state index contributed by atoms with van der Waals surface area (Å²) < 4.78 is 16.3. The molecular weight excluding hydrogens is 348 g/mol. The molecule has 2 aromatic rings. The molecular formula is C20H20N2O5. The standard InChI is InChI=1S/C20H20N2O5/c1-12-3-5-16-15(7-12)22(20(24)13(2)27-16)10-19(23)21-9-14-4-6-17-18(8-14)26-11-25-17/h3-8,13H,9-11H2,1-2H3,(H,21,23). The van der Waals surface area contributed by atoms with E-state index < -0.39 is 6.10 Å². The van der Waals surface area contributed by atoms with Crippen LogP contribution in [0, 0.1) is 6.92 Å². The minimum atomic E-state index is -0.623. The summed E-state index contributed by atoms with van der Waals surface area (Å²) in [6.45, 7) is 4.10. The van der Waals surface area contributed by atoms with Crippen molar-refractivity contribution in [2.24, 2.45) is 0 Å². The van der Waals surface area contributed by atoms with E-state index in [2.05, 4.69) is 5.32 Å².